The van der Waals surface area contributed by atoms with Crippen molar-refractivity contribution in [1.29, 1.82) is 0 Å². The van der Waals surface area contributed by atoms with Crippen molar-refractivity contribution >= 4 is 11.6 Å². The van der Waals surface area contributed by atoms with E-state index in [9.17, 15) is 9.59 Å². The Kier molecular flexibility index (Phi) is 4.99. The zero-order chi connectivity index (χ0) is 16.9. The van der Waals surface area contributed by atoms with Gasteiger partial charge in [-0.25, -0.2) is 0 Å². The predicted molar refractivity (Wildman–Crippen MR) is 93.5 cm³/mol. The number of aromatic nitrogens is 1. The Balaban J connectivity index is 1.69. The number of H-pyrrole nitrogens is 1. The predicted octanol–water partition coefficient (Wildman–Crippen LogP) is 3.05. The van der Waals surface area contributed by atoms with Gasteiger partial charge in [0.1, 0.15) is 5.75 Å². The Morgan fingerprint density at radius 2 is 2.00 bits per heavy atom. The first-order chi connectivity index (χ1) is 11.7. The lowest BCUT2D eigenvalue weighted by Crippen LogP contribution is -2.32. The molecule has 0 aliphatic heterocycles. The summed E-state index contributed by atoms with van der Waals surface area (Å²) in [6.45, 7) is 1.90. The topological polar surface area (TPSA) is 71.2 Å². The first-order valence-electron chi connectivity index (χ1n) is 8.44. The summed E-state index contributed by atoms with van der Waals surface area (Å²) in [5.74, 6) is 0.476. The van der Waals surface area contributed by atoms with Crippen LogP contribution >= 0.6 is 0 Å². The highest BCUT2D eigenvalue weighted by Crippen LogP contribution is 2.26. The van der Waals surface area contributed by atoms with E-state index in [2.05, 4.69) is 22.4 Å². The van der Waals surface area contributed by atoms with E-state index in [1.54, 1.807) is 6.07 Å². The van der Waals surface area contributed by atoms with Crippen molar-refractivity contribution < 1.29 is 9.53 Å². The lowest BCUT2D eigenvalue weighted by molar-refractivity contribution is -0.122. The molecule has 0 bridgehead atoms. The standard InChI is InChI=1S/C19H22N2O3/c1-2-17(19(23)21-15-9-10-20-18(22)12-15)24-16-8-7-13-5-3-4-6-14(13)11-16/h7-12,17H,2-6H2,1H3,(H2,20,21,22,23). The molecule has 1 amide bonds. The van der Waals surface area contributed by atoms with E-state index in [1.165, 1.54) is 36.2 Å². The molecule has 1 heterocycles. The highest BCUT2D eigenvalue weighted by atomic mass is 16.5. The van der Waals surface area contributed by atoms with Crippen LogP contribution in [-0.4, -0.2) is 17.0 Å². The van der Waals surface area contributed by atoms with Gasteiger partial charge < -0.3 is 15.0 Å². The van der Waals surface area contributed by atoms with Gasteiger partial charge in [-0.2, -0.15) is 0 Å². The molecule has 1 unspecified atom stereocenters. The number of pyridine rings is 1. The van der Waals surface area contributed by atoms with Crippen LogP contribution in [0, 0.1) is 0 Å². The number of aryl methyl sites for hydroxylation is 2. The summed E-state index contributed by atoms with van der Waals surface area (Å²) in [7, 11) is 0. The number of carbonyl (C=O) groups is 1. The van der Waals surface area contributed by atoms with Crippen molar-refractivity contribution in [3.63, 3.8) is 0 Å². The quantitative estimate of drug-likeness (QED) is 0.887. The summed E-state index contributed by atoms with van der Waals surface area (Å²) in [6, 6.07) is 9.09. The number of benzene rings is 1. The van der Waals surface area contributed by atoms with Gasteiger partial charge in [-0.3, -0.25) is 9.59 Å². The normalized spacial score (nSPS) is 14.5. The molecule has 0 spiro atoms. The van der Waals surface area contributed by atoms with Gasteiger partial charge in [0.2, 0.25) is 5.56 Å². The first-order valence-corrected chi connectivity index (χ1v) is 8.44. The molecule has 5 heteroatoms. The van der Waals surface area contributed by atoms with Gasteiger partial charge in [-0.05, 0) is 61.4 Å². The molecule has 1 aromatic heterocycles. The fourth-order valence-electron chi connectivity index (χ4n) is 3.01. The third kappa shape index (κ3) is 3.85. The van der Waals surface area contributed by atoms with Crippen LogP contribution in [-0.2, 0) is 17.6 Å². The molecule has 1 atom stereocenters. The number of hydrogen-bond acceptors (Lipinski definition) is 3. The van der Waals surface area contributed by atoms with Crippen molar-refractivity contribution in [3.05, 3.63) is 58.0 Å². The second-order valence-electron chi connectivity index (χ2n) is 6.08. The number of aromatic amines is 1. The molecular weight excluding hydrogens is 304 g/mol. The minimum Gasteiger partial charge on any atom is -0.481 e. The highest BCUT2D eigenvalue weighted by Gasteiger charge is 2.19. The van der Waals surface area contributed by atoms with Gasteiger partial charge in [0.05, 0.1) is 0 Å². The molecule has 0 radical (unpaired) electrons. The molecule has 1 aliphatic rings. The summed E-state index contributed by atoms with van der Waals surface area (Å²) < 4.78 is 5.90. The van der Waals surface area contributed by atoms with E-state index < -0.39 is 6.10 Å². The van der Waals surface area contributed by atoms with Gasteiger partial charge in [-0.15, -0.1) is 0 Å². The SMILES string of the molecule is CCC(Oc1ccc2c(c1)CCCC2)C(=O)Nc1cc[nH]c(=O)c1. The Hall–Kier alpha value is -2.56. The highest BCUT2D eigenvalue weighted by molar-refractivity contribution is 5.94. The third-order valence-electron chi connectivity index (χ3n) is 4.30. The molecule has 3 rings (SSSR count). The second kappa shape index (κ2) is 7.34. The maximum absolute atomic E-state index is 12.4. The molecule has 24 heavy (non-hydrogen) atoms. The fraction of sp³-hybridized carbons (Fsp3) is 0.368. The zero-order valence-electron chi connectivity index (χ0n) is 13.8. The number of fused-ring (bicyclic) bond motifs is 1. The molecule has 2 aromatic rings. The maximum Gasteiger partial charge on any atom is 0.265 e. The number of hydrogen-bond donors (Lipinski definition) is 2. The van der Waals surface area contributed by atoms with E-state index in [0.717, 1.165) is 18.6 Å². The monoisotopic (exact) mass is 326 g/mol. The van der Waals surface area contributed by atoms with E-state index in [4.69, 9.17) is 4.74 Å². The Morgan fingerprint density at radius 1 is 1.21 bits per heavy atom. The number of rotatable bonds is 5. The number of amides is 1. The number of anilines is 1. The largest absolute Gasteiger partial charge is 0.481 e. The van der Waals surface area contributed by atoms with E-state index >= 15 is 0 Å². The number of ether oxygens (including phenoxy) is 1. The van der Waals surface area contributed by atoms with Crippen molar-refractivity contribution in [2.45, 2.75) is 45.1 Å². The molecule has 1 aliphatic carbocycles. The summed E-state index contributed by atoms with van der Waals surface area (Å²) in [5.41, 5.74) is 2.92. The molecule has 1 aromatic carbocycles. The fourth-order valence-corrected chi connectivity index (χ4v) is 3.01. The van der Waals surface area contributed by atoms with Crippen LogP contribution in [0.4, 0.5) is 5.69 Å². The Bertz CT molecular complexity index is 782. The minimum atomic E-state index is -0.592. The molecule has 0 saturated heterocycles. The van der Waals surface area contributed by atoms with Gasteiger partial charge in [-0.1, -0.05) is 13.0 Å². The van der Waals surface area contributed by atoms with E-state index in [0.29, 0.717) is 12.1 Å². The molecule has 2 N–H and O–H groups in total. The third-order valence-corrected chi connectivity index (χ3v) is 4.30. The second-order valence-corrected chi connectivity index (χ2v) is 6.08. The lowest BCUT2D eigenvalue weighted by Gasteiger charge is -2.20. The van der Waals surface area contributed by atoms with Crippen LogP contribution < -0.4 is 15.6 Å². The zero-order valence-corrected chi connectivity index (χ0v) is 13.8. The molecule has 5 nitrogen and oxygen atoms in total. The molecular formula is C19H22N2O3. The molecule has 0 saturated carbocycles. The molecule has 0 fully saturated rings. The number of nitrogens with one attached hydrogen (secondary N) is 2. The smallest absolute Gasteiger partial charge is 0.265 e. The van der Waals surface area contributed by atoms with Gasteiger partial charge in [0, 0.05) is 18.0 Å². The van der Waals surface area contributed by atoms with Crippen LogP contribution in [0.2, 0.25) is 0 Å². The maximum atomic E-state index is 12.4. The summed E-state index contributed by atoms with van der Waals surface area (Å²) in [6.07, 6.45) is 6.10. The average Bonchev–Trinajstić information content (AvgIpc) is 2.59. The van der Waals surface area contributed by atoms with Crippen LogP contribution in [0.3, 0.4) is 0 Å². The Morgan fingerprint density at radius 3 is 2.75 bits per heavy atom. The van der Waals surface area contributed by atoms with Crippen LogP contribution in [0.15, 0.2) is 41.3 Å². The number of carbonyl (C=O) groups excluding carboxylic acids is 1. The van der Waals surface area contributed by atoms with Gasteiger partial charge in [0.25, 0.3) is 5.91 Å². The van der Waals surface area contributed by atoms with Crippen molar-refractivity contribution in [2.75, 3.05) is 5.32 Å². The van der Waals surface area contributed by atoms with Crippen LogP contribution in [0.1, 0.15) is 37.3 Å². The van der Waals surface area contributed by atoms with Crippen LogP contribution in [0.5, 0.6) is 5.75 Å². The van der Waals surface area contributed by atoms with Crippen molar-refractivity contribution in [2.24, 2.45) is 0 Å². The summed E-state index contributed by atoms with van der Waals surface area (Å²) in [5, 5.41) is 2.73. The summed E-state index contributed by atoms with van der Waals surface area (Å²) >= 11 is 0. The average molecular weight is 326 g/mol. The summed E-state index contributed by atoms with van der Waals surface area (Å²) in [4.78, 5) is 26.2. The Labute approximate surface area is 141 Å². The minimum absolute atomic E-state index is 0.249. The lowest BCUT2D eigenvalue weighted by atomic mass is 9.92. The first kappa shape index (κ1) is 16.3. The van der Waals surface area contributed by atoms with Crippen LogP contribution in [0.25, 0.3) is 0 Å². The van der Waals surface area contributed by atoms with E-state index in [1.807, 2.05) is 13.0 Å². The van der Waals surface area contributed by atoms with E-state index in [-0.39, 0.29) is 11.5 Å². The van der Waals surface area contributed by atoms with Gasteiger partial charge >= 0.3 is 0 Å². The van der Waals surface area contributed by atoms with Crippen molar-refractivity contribution in [1.82, 2.24) is 4.98 Å². The molecule has 126 valence electrons. The van der Waals surface area contributed by atoms with Gasteiger partial charge in [0.15, 0.2) is 6.10 Å². The van der Waals surface area contributed by atoms with Crippen molar-refractivity contribution in [3.8, 4) is 5.75 Å².